The monoisotopic (exact) mass is 362 g/mol. The van der Waals surface area contributed by atoms with E-state index in [0.717, 1.165) is 16.7 Å². The van der Waals surface area contributed by atoms with E-state index in [1.165, 1.54) is 6.20 Å². The van der Waals surface area contributed by atoms with Gasteiger partial charge < -0.3 is 15.2 Å². The van der Waals surface area contributed by atoms with Crippen LogP contribution in [0.1, 0.15) is 21.5 Å². The number of pyridine rings is 1. The summed E-state index contributed by atoms with van der Waals surface area (Å²) in [6.45, 7) is 2.20. The summed E-state index contributed by atoms with van der Waals surface area (Å²) < 4.78 is 4.68. The van der Waals surface area contributed by atoms with E-state index in [2.05, 4.69) is 15.0 Å². The second-order valence-electron chi connectivity index (χ2n) is 5.90. The fraction of sp³-hybridized carbons (Fsp3) is 0.0952. The predicted octanol–water partition coefficient (Wildman–Crippen LogP) is 4.04. The normalized spacial score (nSPS) is 10.3. The van der Waals surface area contributed by atoms with Crippen LogP contribution in [0.2, 0.25) is 0 Å². The van der Waals surface area contributed by atoms with E-state index in [1.807, 2.05) is 42.5 Å². The predicted molar refractivity (Wildman–Crippen MR) is 101 cm³/mol. The number of hydrogen-bond donors (Lipinski definition) is 2. The largest absolute Gasteiger partial charge is 0.512 e. The molecule has 0 radical (unpaired) electrons. The smallest absolute Gasteiger partial charge is 0.449 e. The second kappa shape index (κ2) is 8.14. The third-order valence-corrected chi connectivity index (χ3v) is 4.10. The number of rotatable bonds is 5. The molecule has 0 saturated heterocycles. The number of nitrogens with zero attached hydrogens (tertiary/aromatic N) is 1. The molecule has 1 heterocycles. The fourth-order valence-corrected chi connectivity index (χ4v) is 2.70. The van der Waals surface area contributed by atoms with Crippen LogP contribution in [0.4, 0.5) is 4.79 Å². The minimum atomic E-state index is -1.41. The van der Waals surface area contributed by atoms with Crippen molar-refractivity contribution in [3.05, 3.63) is 83.6 Å². The van der Waals surface area contributed by atoms with Gasteiger partial charge in [0.15, 0.2) is 0 Å². The van der Waals surface area contributed by atoms with E-state index in [0.29, 0.717) is 17.7 Å². The third kappa shape index (κ3) is 4.49. The number of aromatic nitrogens is 1. The van der Waals surface area contributed by atoms with E-state index < -0.39 is 6.16 Å². The molecule has 0 spiro atoms. The molecule has 0 aliphatic rings. The van der Waals surface area contributed by atoms with Gasteiger partial charge in [0.25, 0.3) is 5.91 Å². The maximum Gasteiger partial charge on any atom is 0.512 e. The van der Waals surface area contributed by atoms with Crippen molar-refractivity contribution in [2.24, 2.45) is 0 Å². The van der Waals surface area contributed by atoms with Crippen molar-refractivity contribution in [3.63, 3.8) is 0 Å². The van der Waals surface area contributed by atoms with Gasteiger partial charge in [-0.05, 0) is 41.8 Å². The molecule has 27 heavy (non-hydrogen) atoms. The van der Waals surface area contributed by atoms with Gasteiger partial charge in [0.1, 0.15) is 0 Å². The summed E-state index contributed by atoms with van der Waals surface area (Å²) in [6, 6.07) is 18.5. The Hall–Kier alpha value is -3.67. The van der Waals surface area contributed by atoms with E-state index >= 15 is 0 Å². The van der Waals surface area contributed by atoms with Gasteiger partial charge in [-0.1, -0.05) is 42.5 Å². The second-order valence-corrected chi connectivity index (χ2v) is 5.90. The average Bonchev–Trinajstić information content (AvgIpc) is 2.68. The lowest BCUT2D eigenvalue weighted by Gasteiger charge is -2.10. The highest BCUT2D eigenvalue weighted by atomic mass is 16.7. The van der Waals surface area contributed by atoms with E-state index in [1.54, 1.807) is 25.1 Å². The fourth-order valence-electron chi connectivity index (χ4n) is 2.70. The van der Waals surface area contributed by atoms with Gasteiger partial charge in [-0.2, -0.15) is 0 Å². The van der Waals surface area contributed by atoms with Gasteiger partial charge in [0.2, 0.25) is 5.88 Å². The topological polar surface area (TPSA) is 88.5 Å². The highest BCUT2D eigenvalue weighted by Gasteiger charge is 2.12. The van der Waals surface area contributed by atoms with Crippen molar-refractivity contribution in [2.75, 3.05) is 0 Å². The van der Waals surface area contributed by atoms with Crippen LogP contribution in [-0.4, -0.2) is 22.2 Å². The summed E-state index contributed by atoms with van der Waals surface area (Å²) in [4.78, 5) is 27.0. The van der Waals surface area contributed by atoms with Crippen molar-refractivity contribution in [2.45, 2.75) is 13.5 Å². The molecule has 6 nitrogen and oxygen atoms in total. The molecule has 1 aromatic heterocycles. The molecule has 3 rings (SSSR count). The number of benzene rings is 2. The molecule has 3 aromatic rings. The zero-order chi connectivity index (χ0) is 19.2. The summed E-state index contributed by atoms with van der Waals surface area (Å²) in [5.74, 6) is -0.114. The molecule has 2 aromatic carbocycles. The minimum Gasteiger partial charge on any atom is -0.449 e. The lowest BCUT2D eigenvalue weighted by Crippen LogP contribution is -2.22. The first-order valence-corrected chi connectivity index (χ1v) is 8.33. The molecule has 0 aliphatic heterocycles. The summed E-state index contributed by atoms with van der Waals surface area (Å²) in [5, 5.41) is 11.7. The zero-order valence-electron chi connectivity index (χ0n) is 14.7. The van der Waals surface area contributed by atoms with Crippen molar-refractivity contribution < 1.29 is 19.4 Å². The third-order valence-electron chi connectivity index (χ3n) is 4.10. The molecule has 0 unspecified atom stereocenters. The molecule has 0 atom stereocenters. The Bertz CT molecular complexity index is 954. The Morgan fingerprint density at radius 2 is 1.74 bits per heavy atom. The molecule has 0 bridgehead atoms. The standard InChI is InChI=1S/C21H18N2O4/c1-14-18(11-12-22-20(14)27-21(25)26)16-7-9-17(10-8-16)19(24)23-13-15-5-3-2-4-6-15/h2-12H,13H2,1H3,(H,23,24)(H,25,26). The van der Waals surface area contributed by atoms with E-state index in [9.17, 15) is 9.59 Å². The quantitative estimate of drug-likeness (QED) is 0.669. The Labute approximate surface area is 156 Å². The number of carbonyl (C=O) groups excluding carboxylic acids is 1. The number of ether oxygens (including phenoxy) is 1. The SMILES string of the molecule is Cc1c(-c2ccc(C(=O)NCc3ccccc3)cc2)ccnc1OC(=O)O. The lowest BCUT2D eigenvalue weighted by molar-refractivity contribution is 0.0950. The molecular formula is C21H18N2O4. The van der Waals surface area contributed by atoms with Crippen LogP contribution in [0.3, 0.4) is 0 Å². The zero-order valence-corrected chi connectivity index (χ0v) is 14.7. The first-order chi connectivity index (χ1) is 13.0. The average molecular weight is 362 g/mol. The molecule has 2 N–H and O–H groups in total. The number of carboxylic acid groups (broad SMARTS) is 1. The summed E-state index contributed by atoms with van der Waals surface area (Å²) in [6.07, 6.45) is 0.0781. The van der Waals surface area contributed by atoms with Crippen molar-refractivity contribution >= 4 is 12.1 Å². The van der Waals surface area contributed by atoms with Crippen LogP contribution in [0.5, 0.6) is 5.88 Å². The molecule has 0 aliphatic carbocycles. The minimum absolute atomic E-state index is 0.0460. The summed E-state index contributed by atoms with van der Waals surface area (Å²) >= 11 is 0. The van der Waals surface area contributed by atoms with Gasteiger partial charge in [0, 0.05) is 23.9 Å². The number of hydrogen-bond acceptors (Lipinski definition) is 4. The number of carbonyl (C=O) groups is 2. The van der Waals surface area contributed by atoms with Crippen LogP contribution < -0.4 is 10.1 Å². The highest BCUT2D eigenvalue weighted by Crippen LogP contribution is 2.28. The van der Waals surface area contributed by atoms with Crippen LogP contribution in [0, 0.1) is 6.92 Å². The molecule has 0 fully saturated rings. The molecule has 6 heteroatoms. The first-order valence-electron chi connectivity index (χ1n) is 8.33. The van der Waals surface area contributed by atoms with Crippen LogP contribution >= 0.6 is 0 Å². The van der Waals surface area contributed by atoms with Crippen molar-refractivity contribution in [3.8, 4) is 17.0 Å². The molecular weight excluding hydrogens is 344 g/mol. The Kier molecular flexibility index (Phi) is 5.47. The van der Waals surface area contributed by atoms with Gasteiger partial charge in [-0.25, -0.2) is 9.78 Å². The van der Waals surface area contributed by atoms with Gasteiger partial charge in [-0.3, -0.25) is 4.79 Å². The van der Waals surface area contributed by atoms with Gasteiger partial charge in [0.05, 0.1) is 0 Å². The molecule has 136 valence electrons. The van der Waals surface area contributed by atoms with E-state index in [-0.39, 0.29) is 11.8 Å². The van der Waals surface area contributed by atoms with Crippen LogP contribution in [-0.2, 0) is 6.54 Å². The first kappa shape index (κ1) is 18.1. The Balaban J connectivity index is 1.73. The van der Waals surface area contributed by atoms with Crippen LogP contribution in [0.25, 0.3) is 11.1 Å². The maximum absolute atomic E-state index is 12.3. The molecule has 1 amide bonds. The highest BCUT2D eigenvalue weighted by molar-refractivity contribution is 5.94. The number of amides is 1. The lowest BCUT2D eigenvalue weighted by atomic mass is 10.0. The van der Waals surface area contributed by atoms with Crippen molar-refractivity contribution in [1.82, 2.24) is 10.3 Å². The van der Waals surface area contributed by atoms with Crippen molar-refractivity contribution in [1.29, 1.82) is 0 Å². The van der Waals surface area contributed by atoms with Gasteiger partial charge in [-0.15, -0.1) is 0 Å². The summed E-state index contributed by atoms with van der Waals surface area (Å²) in [5.41, 5.74) is 3.81. The summed E-state index contributed by atoms with van der Waals surface area (Å²) in [7, 11) is 0. The van der Waals surface area contributed by atoms with E-state index in [4.69, 9.17) is 5.11 Å². The maximum atomic E-state index is 12.3. The molecule has 0 saturated carbocycles. The Morgan fingerprint density at radius 3 is 2.41 bits per heavy atom. The Morgan fingerprint density at radius 1 is 1.04 bits per heavy atom. The van der Waals surface area contributed by atoms with Gasteiger partial charge >= 0.3 is 6.16 Å². The van der Waals surface area contributed by atoms with Crippen LogP contribution in [0.15, 0.2) is 66.9 Å². The number of nitrogens with one attached hydrogen (secondary N) is 1.